The molecule has 0 spiro atoms. The fourth-order valence-electron chi connectivity index (χ4n) is 1.63. The van der Waals surface area contributed by atoms with Crippen molar-refractivity contribution in [1.82, 2.24) is 0 Å². The first-order valence-corrected chi connectivity index (χ1v) is 8.15. The Labute approximate surface area is 117 Å². The van der Waals surface area contributed by atoms with E-state index in [9.17, 15) is 0 Å². The van der Waals surface area contributed by atoms with Gasteiger partial charge in [-0.1, -0.05) is 6.92 Å². The van der Waals surface area contributed by atoms with Gasteiger partial charge in [-0.2, -0.15) is 0 Å². The molecular formula is C14H18O2S2. The molecule has 0 aromatic carbocycles. The van der Waals surface area contributed by atoms with E-state index in [2.05, 4.69) is 18.4 Å². The van der Waals surface area contributed by atoms with Gasteiger partial charge < -0.3 is 9.47 Å². The number of hydrogen-bond donors (Lipinski definition) is 0. The summed E-state index contributed by atoms with van der Waals surface area (Å²) in [6.45, 7) is 2.80. The summed E-state index contributed by atoms with van der Waals surface area (Å²) in [5.74, 6) is 3.26. The number of rotatable bonds is 7. The van der Waals surface area contributed by atoms with E-state index < -0.39 is 0 Å². The zero-order valence-electron chi connectivity index (χ0n) is 10.6. The van der Waals surface area contributed by atoms with E-state index in [4.69, 9.17) is 9.47 Å². The van der Waals surface area contributed by atoms with Crippen LogP contribution in [0.2, 0.25) is 0 Å². The van der Waals surface area contributed by atoms with Crippen molar-refractivity contribution < 1.29 is 9.47 Å². The summed E-state index contributed by atoms with van der Waals surface area (Å²) in [5.41, 5.74) is 0. The molecule has 18 heavy (non-hydrogen) atoms. The summed E-state index contributed by atoms with van der Waals surface area (Å²) in [6.07, 6.45) is 5.00. The van der Waals surface area contributed by atoms with E-state index in [1.807, 2.05) is 29.3 Å². The number of thiophene rings is 1. The Morgan fingerprint density at radius 2 is 2.44 bits per heavy atom. The quantitative estimate of drug-likeness (QED) is 0.669. The summed E-state index contributed by atoms with van der Waals surface area (Å²) in [5, 5.41) is 5.11. The van der Waals surface area contributed by atoms with Crippen LogP contribution < -0.4 is 4.74 Å². The molecule has 0 N–H and O–H groups in total. The number of ether oxygens (including phenoxy) is 2. The lowest BCUT2D eigenvalue weighted by Gasteiger charge is -2.11. The zero-order valence-corrected chi connectivity index (χ0v) is 12.2. The zero-order chi connectivity index (χ0) is 12.6. The third-order valence-corrected chi connectivity index (χ3v) is 4.11. The van der Waals surface area contributed by atoms with Crippen LogP contribution in [0.5, 0.6) is 5.06 Å². The first kappa shape index (κ1) is 13.6. The van der Waals surface area contributed by atoms with Crippen molar-refractivity contribution in [3.8, 4) is 5.06 Å². The van der Waals surface area contributed by atoms with Crippen molar-refractivity contribution in [2.45, 2.75) is 26.2 Å². The minimum atomic E-state index is 0.673. The molecule has 2 rings (SSSR count). The van der Waals surface area contributed by atoms with E-state index in [0.717, 1.165) is 41.6 Å². The molecule has 0 atom stereocenters. The monoisotopic (exact) mass is 282 g/mol. The molecule has 0 amide bonds. The van der Waals surface area contributed by atoms with Crippen molar-refractivity contribution in [1.29, 1.82) is 0 Å². The maximum Gasteiger partial charge on any atom is 0.173 e. The molecule has 0 saturated heterocycles. The van der Waals surface area contributed by atoms with Gasteiger partial charge in [-0.15, -0.1) is 23.1 Å². The van der Waals surface area contributed by atoms with Crippen molar-refractivity contribution in [2.75, 3.05) is 12.4 Å². The smallest absolute Gasteiger partial charge is 0.173 e. The number of hydrogen-bond acceptors (Lipinski definition) is 4. The second-order valence-electron chi connectivity index (χ2n) is 3.92. The van der Waals surface area contributed by atoms with Gasteiger partial charge in [-0.25, -0.2) is 0 Å². The van der Waals surface area contributed by atoms with Gasteiger partial charge in [0.25, 0.3) is 0 Å². The highest BCUT2D eigenvalue weighted by Crippen LogP contribution is 2.26. The van der Waals surface area contributed by atoms with Crippen molar-refractivity contribution in [3.63, 3.8) is 0 Å². The Kier molecular flexibility index (Phi) is 5.68. The second-order valence-corrected chi connectivity index (χ2v) is 5.80. The van der Waals surface area contributed by atoms with Crippen molar-refractivity contribution >= 4 is 23.1 Å². The molecule has 4 heteroatoms. The van der Waals surface area contributed by atoms with Gasteiger partial charge in [-0.05, 0) is 30.0 Å². The Bertz CT molecular complexity index is 407. The van der Waals surface area contributed by atoms with E-state index in [1.54, 1.807) is 11.3 Å². The Morgan fingerprint density at radius 3 is 3.11 bits per heavy atom. The van der Waals surface area contributed by atoms with Crippen LogP contribution in [0.1, 0.15) is 26.2 Å². The molecule has 0 aliphatic carbocycles. The maximum absolute atomic E-state index is 5.90. The molecule has 1 aromatic rings. The molecule has 0 bridgehead atoms. The number of allylic oxidation sites excluding steroid dienone is 2. The fourth-order valence-corrected chi connectivity index (χ4v) is 3.02. The molecular weight excluding hydrogens is 264 g/mol. The maximum atomic E-state index is 5.90. The summed E-state index contributed by atoms with van der Waals surface area (Å²) in [7, 11) is 0. The lowest BCUT2D eigenvalue weighted by molar-refractivity contribution is 0.248. The molecule has 0 fully saturated rings. The highest BCUT2D eigenvalue weighted by Gasteiger charge is 2.09. The molecule has 1 aliphatic heterocycles. The van der Waals surface area contributed by atoms with Gasteiger partial charge in [-0.3, -0.25) is 0 Å². The first-order valence-electron chi connectivity index (χ1n) is 6.22. The summed E-state index contributed by atoms with van der Waals surface area (Å²) in [4.78, 5) is 0. The van der Waals surface area contributed by atoms with Crippen molar-refractivity contribution in [2.24, 2.45) is 0 Å². The highest BCUT2D eigenvalue weighted by molar-refractivity contribution is 8.02. The third-order valence-electron chi connectivity index (χ3n) is 2.46. The van der Waals surface area contributed by atoms with Gasteiger partial charge >= 0.3 is 0 Å². The summed E-state index contributed by atoms with van der Waals surface area (Å²) >= 11 is 3.44. The van der Waals surface area contributed by atoms with Gasteiger partial charge in [0.2, 0.25) is 0 Å². The van der Waals surface area contributed by atoms with Crippen LogP contribution in [-0.2, 0) is 4.74 Å². The second kappa shape index (κ2) is 7.54. The van der Waals surface area contributed by atoms with E-state index in [-0.39, 0.29) is 0 Å². The predicted molar refractivity (Wildman–Crippen MR) is 79.0 cm³/mol. The van der Waals surface area contributed by atoms with Gasteiger partial charge in [0.05, 0.1) is 6.61 Å². The lowest BCUT2D eigenvalue weighted by atomic mass is 10.3. The average Bonchev–Trinajstić information content (AvgIpc) is 3.02. The first-order chi connectivity index (χ1) is 8.88. The molecule has 1 aromatic heterocycles. The minimum Gasteiger partial charge on any atom is -0.484 e. The van der Waals surface area contributed by atoms with Crippen LogP contribution in [0, 0.1) is 0 Å². The van der Waals surface area contributed by atoms with Gasteiger partial charge in [0.1, 0.15) is 11.5 Å². The van der Waals surface area contributed by atoms with Crippen LogP contribution in [0.15, 0.2) is 40.5 Å². The van der Waals surface area contributed by atoms with Crippen LogP contribution in [0.4, 0.5) is 0 Å². The highest BCUT2D eigenvalue weighted by atomic mass is 32.2. The summed E-state index contributed by atoms with van der Waals surface area (Å²) in [6, 6.07) is 3.99. The minimum absolute atomic E-state index is 0.673. The molecule has 2 heterocycles. The van der Waals surface area contributed by atoms with Crippen molar-refractivity contribution in [3.05, 3.63) is 40.5 Å². The third kappa shape index (κ3) is 4.42. The van der Waals surface area contributed by atoms with Crippen LogP contribution in [0.25, 0.3) is 0 Å². The van der Waals surface area contributed by atoms with E-state index in [1.165, 1.54) is 0 Å². The molecule has 0 unspecified atom stereocenters. The SMILES string of the molecule is CC/C=C(\CCOc1cccs1)OC1=CSCC1. The molecule has 98 valence electrons. The molecule has 2 nitrogen and oxygen atoms in total. The van der Waals surface area contributed by atoms with Gasteiger partial charge in [0.15, 0.2) is 5.06 Å². The molecule has 1 aliphatic rings. The Balaban J connectivity index is 1.77. The molecule has 0 radical (unpaired) electrons. The van der Waals surface area contributed by atoms with Crippen LogP contribution in [0.3, 0.4) is 0 Å². The standard InChI is InChI=1S/C14H18O2S2/c1-2-4-12(16-13-7-10-17-11-13)6-8-15-14-5-3-9-18-14/h3-5,9,11H,2,6-8,10H2,1H3/b12-4+. The predicted octanol–water partition coefficient (Wildman–Crippen LogP) is 4.81. The molecule has 0 saturated carbocycles. The largest absolute Gasteiger partial charge is 0.484 e. The fraction of sp³-hybridized carbons (Fsp3) is 0.429. The topological polar surface area (TPSA) is 18.5 Å². The Morgan fingerprint density at radius 1 is 1.50 bits per heavy atom. The average molecular weight is 282 g/mol. The van der Waals surface area contributed by atoms with E-state index in [0.29, 0.717) is 6.61 Å². The number of thioether (sulfide) groups is 1. The summed E-state index contributed by atoms with van der Waals surface area (Å²) < 4.78 is 11.6. The van der Waals surface area contributed by atoms with Crippen LogP contribution in [-0.4, -0.2) is 12.4 Å². The van der Waals surface area contributed by atoms with Gasteiger partial charge in [0, 0.05) is 24.0 Å². The van der Waals surface area contributed by atoms with Crippen LogP contribution >= 0.6 is 23.1 Å². The van der Waals surface area contributed by atoms with E-state index >= 15 is 0 Å². The lowest BCUT2D eigenvalue weighted by Crippen LogP contribution is -2.01. The normalized spacial score (nSPS) is 15.6. The Hall–Kier alpha value is -0.870.